The van der Waals surface area contributed by atoms with Crippen LogP contribution in [-0.2, 0) is 9.47 Å². The third-order valence-corrected chi connectivity index (χ3v) is 1.18. The number of methoxy groups -OCH3 is 1. The number of aliphatic hydroxyl groups excluding tert-OH is 2. The van der Waals surface area contributed by atoms with Crippen molar-refractivity contribution in [3.05, 3.63) is 0 Å². The molecule has 0 aliphatic heterocycles. The molecule has 0 aromatic heterocycles. The van der Waals surface area contributed by atoms with Crippen LogP contribution < -0.4 is 0 Å². The summed E-state index contributed by atoms with van der Waals surface area (Å²) < 4.78 is 8.88. The average molecular weight is 216 g/mol. The van der Waals surface area contributed by atoms with Gasteiger partial charge in [0.2, 0.25) is 0 Å². The van der Waals surface area contributed by atoms with E-state index in [-0.39, 0.29) is 13.2 Å². The number of hydrogen-bond donors (Lipinski definition) is 2. The van der Waals surface area contributed by atoms with E-state index in [2.05, 4.69) is 34.1 Å². The van der Waals surface area contributed by atoms with Crippen LogP contribution in [0.5, 0.6) is 0 Å². The van der Waals surface area contributed by atoms with Crippen molar-refractivity contribution in [1.29, 1.82) is 0 Å². The fourth-order valence-electron chi connectivity index (χ4n) is 0.585. The van der Waals surface area contributed by atoms with E-state index < -0.39 is 0 Å². The van der Waals surface area contributed by atoms with E-state index >= 15 is 0 Å². The Morgan fingerprint density at radius 2 is 1.47 bits per heavy atom. The molecule has 0 radical (unpaired) electrons. The maximum atomic E-state index is 8.09. The Morgan fingerprint density at radius 3 is 1.60 bits per heavy atom. The van der Waals surface area contributed by atoms with Gasteiger partial charge in [-0.2, -0.15) is 0 Å². The van der Waals surface area contributed by atoms with Crippen LogP contribution >= 0.6 is 0 Å². The summed E-state index contributed by atoms with van der Waals surface area (Å²) in [7, 11) is 3.25. The summed E-state index contributed by atoms with van der Waals surface area (Å²) in [5, 5.41) is 17.5. The predicted octanol–water partition coefficient (Wildman–Crippen LogP) is 0.623. The number of unbranched alkanes of at least 4 members (excludes halogenated alkanes) is 1. The molecule has 0 saturated heterocycles. The Morgan fingerprint density at radius 1 is 1.07 bits per heavy atom. The standard InChI is InChI=1S/C4H10O3.C4H9.C2H6O.Li/c5-1-3-7-4-2-6;1-3-4-2;1-3-2;/h5-6H,1-4H2;1,3-4H2,2H3;1-2H3;. The molecule has 0 aromatic carbocycles. The average Bonchev–Trinajstić information content (AvgIpc) is 2.22. The second-order valence-electron chi connectivity index (χ2n) is 2.82. The molecule has 0 aromatic rings. The summed E-state index contributed by atoms with van der Waals surface area (Å²) in [5.74, 6) is 0. The first-order valence-corrected chi connectivity index (χ1v) is 5.44. The number of rotatable bonds is 6. The normalized spacial score (nSPS) is 8.47. The zero-order chi connectivity index (χ0) is 12.4. The van der Waals surface area contributed by atoms with Crippen LogP contribution in [0.1, 0.15) is 19.8 Å². The van der Waals surface area contributed by atoms with Crippen LogP contribution in [0.3, 0.4) is 0 Å². The Balaban J connectivity index is -0.000000158. The third kappa shape index (κ3) is 53.9. The van der Waals surface area contributed by atoms with E-state index in [0.29, 0.717) is 13.2 Å². The van der Waals surface area contributed by atoms with Crippen LogP contribution in [0.25, 0.3) is 0 Å². The van der Waals surface area contributed by atoms with Gasteiger partial charge in [-0.05, 0) is 0 Å². The second-order valence-corrected chi connectivity index (χ2v) is 2.82. The van der Waals surface area contributed by atoms with Crippen molar-refractivity contribution >= 4 is 17.7 Å². The molecule has 0 spiro atoms. The van der Waals surface area contributed by atoms with Gasteiger partial charge in [0.15, 0.2) is 0 Å². The van der Waals surface area contributed by atoms with Gasteiger partial charge >= 0.3 is 42.6 Å². The van der Waals surface area contributed by atoms with Crippen molar-refractivity contribution < 1.29 is 19.7 Å². The van der Waals surface area contributed by atoms with Gasteiger partial charge in [-0.1, -0.05) is 0 Å². The molecule has 0 bridgehead atoms. The molecule has 0 heterocycles. The summed E-state index contributed by atoms with van der Waals surface area (Å²) in [6.07, 6.45) is 2.73. The van der Waals surface area contributed by atoms with Gasteiger partial charge in [-0.3, -0.25) is 0 Å². The topological polar surface area (TPSA) is 58.9 Å². The molecular weight excluding hydrogens is 191 g/mol. The van der Waals surface area contributed by atoms with Crippen LogP contribution in [0, 0.1) is 0 Å². The number of hydrogen-bond acceptors (Lipinski definition) is 4. The summed E-state index contributed by atoms with van der Waals surface area (Å²) in [6.45, 7) is 2.91. The van der Waals surface area contributed by atoms with Gasteiger partial charge in [-0.15, -0.1) is 0 Å². The molecule has 90 valence electrons. The molecule has 0 aliphatic carbocycles. The van der Waals surface area contributed by atoms with E-state index in [1.807, 2.05) is 0 Å². The van der Waals surface area contributed by atoms with E-state index in [0.717, 1.165) is 0 Å². The summed E-state index contributed by atoms with van der Waals surface area (Å²) in [6, 6.07) is 0. The van der Waals surface area contributed by atoms with Gasteiger partial charge in [0.1, 0.15) is 0 Å². The van der Waals surface area contributed by atoms with Crippen molar-refractivity contribution in [2.24, 2.45) is 0 Å². The van der Waals surface area contributed by atoms with Crippen LogP contribution in [0.15, 0.2) is 0 Å². The van der Waals surface area contributed by atoms with Gasteiger partial charge in [0, 0.05) is 14.2 Å². The monoisotopic (exact) mass is 216 g/mol. The van der Waals surface area contributed by atoms with Gasteiger partial charge < -0.3 is 19.7 Å². The van der Waals surface area contributed by atoms with E-state index in [1.165, 1.54) is 17.9 Å². The summed E-state index contributed by atoms with van der Waals surface area (Å²) in [4.78, 5) is 0. The molecule has 0 atom stereocenters. The molecule has 0 unspecified atom stereocenters. The predicted molar refractivity (Wildman–Crippen MR) is 63.4 cm³/mol. The third-order valence-electron chi connectivity index (χ3n) is 1.18. The minimum atomic E-state index is 0.0278. The van der Waals surface area contributed by atoms with Crippen molar-refractivity contribution in [3.63, 3.8) is 0 Å². The van der Waals surface area contributed by atoms with Crippen molar-refractivity contribution in [2.45, 2.75) is 24.9 Å². The second kappa shape index (κ2) is 29.3. The maximum absolute atomic E-state index is 8.09. The zero-order valence-electron chi connectivity index (χ0n) is 10.7. The Hall–Kier alpha value is 0.437. The number of aliphatic hydroxyl groups is 2. The number of ether oxygens (including phenoxy) is 2. The zero-order valence-corrected chi connectivity index (χ0v) is 10.7. The van der Waals surface area contributed by atoms with Crippen LogP contribution in [0.4, 0.5) is 0 Å². The fourth-order valence-corrected chi connectivity index (χ4v) is 0.585. The quantitative estimate of drug-likeness (QED) is 0.505. The molecule has 2 N–H and O–H groups in total. The molecule has 5 heteroatoms. The first-order valence-electron chi connectivity index (χ1n) is 5.44. The molecule has 0 amide bonds. The van der Waals surface area contributed by atoms with E-state index in [4.69, 9.17) is 10.2 Å². The first kappa shape index (κ1) is 20.8. The van der Waals surface area contributed by atoms with Crippen molar-refractivity contribution in [2.75, 3.05) is 40.6 Å². The molecule has 0 rings (SSSR count). The van der Waals surface area contributed by atoms with E-state index in [1.54, 1.807) is 14.2 Å². The Bertz CT molecular complexity index is 68.4. The van der Waals surface area contributed by atoms with Gasteiger partial charge in [0.25, 0.3) is 0 Å². The van der Waals surface area contributed by atoms with Crippen molar-refractivity contribution in [3.8, 4) is 0 Å². The van der Waals surface area contributed by atoms with E-state index in [9.17, 15) is 0 Å². The summed E-state index contributed by atoms with van der Waals surface area (Å²) in [5.41, 5.74) is 0. The van der Waals surface area contributed by atoms with Gasteiger partial charge in [0.05, 0.1) is 26.4 Å². The molecule has 15 heavy (non-hydrogen) atoms. The Kier molecular flexibility index (Phi) is 40.6. The first-order chi connectivity index (χ1) is 7.24. The Labute approximate surface area is 103 Å². The fraction of sp³-hybridized carbons (Fsp3) is 1.00. The molecule has 0 fully saturated rings. The molecule has 0 saturated carbocycles. The molecule has 0 aliphatic rings. The van der Waals surface area contributed by atoms with Gasteiger partial charge in [-0.25, -0.2) is 0 Å². The van der Waals surface area contributed by atoms with Crippen LogP contribution in [0.2, 0.25) is 5.09 Å². The molecular formula is C10H25LiO4. The minimum absolute atomic E-state index is 0.0278. The summed E-state index contributed by atoms with van der Waals surface area (Å²) >= 11 is 2.21. The van der Waals surface area contributed by atoms with Crippen molar-refractivity contribution in [1.82, 2.24) is 0 Å². The SMILES string of the molecule is COC.OCCOCCO.[Li][CH2]CCC. The molecule has 4 nitrogen and oxygen atoms in total. The van der Waals surface area contributed by atoms with Crippen LogP contribution in [-0.4, -0.2) is 68.6 Å².